The highest BCUT2D eigenvalue weighted by Crippen LogP contribution is 2.22. The molecule has 1 aliphatic heterocycles. The van der Waals surface area contributed by atoms with Crippen LogP contribution in [-0.2, 0) is 10.5 Å². The summed E-state index contributed by atoms with van der Waals surface area (Å²) in [7, 11) is 0. The second-order valence-electron chi connectivity index (χ2n) is 6.17. The largest absolute Gasteiger partial charge is 0.370 e. The Morgan fingerprint density at radius 1 is 1.04 bits per heavy atom. The molecule has 1 amide bonds. The van der Waals surface area contributed by atoms with Crippen LogP contribution in [-0.4, -0.2) is 45.3 Å². The maximum Gasteiger partial charge on any atom is 0.251 e. The van der Waals surface area contributed by atoms with Gasteiger partial charge in [0.05, 0.1) is 26.3 Å². The summed E-state index contributed by atoms with van der Waals surface area (Å²) in [5.41, 5.74) is 1.95. The molecule has 0 spiro atoms. The van der Waals surface area contributed by atoms with Crippen LogP contribution in [0.3, 0.4) is 0 Å². The lowest BCUT2D eigenvalue weighted by Gasteiger charge is -2.23. The van der Waals surface area contributed by atoms with Gasteiger partial charge in [0.15, 0.2) is 0 Å². The van der Waals surface area contributed by atoms with Gasteiger partial charge in [-0.2, -0.15) is 0 Å². The van der Waals surface area contributed by atoms with Gasteiger partial charge in [0, 0.05) is 16.2 Å². The minimum absolute atomic E-state index is 0.00919. The zero-order valence-corrected chi connectivity index (χ0v) is 15.2. The second kappa shape index (κ2) is 9.61. The van der Waals surface area contributed by atoms with Crippen LogP contribution < -0.4 is 10.2 Å². The van der Waals surface area contributed by atoms with Crippen molar-refractivity contribution in [2.24, 2.45) is 0 Å². The van der Waals surface area contributed by atoms with Crippen LogP contribution in [0.2, 0.25) is 0 Å². The summed E-state index contributed by atoms with van der Waals surface area (Å²) in [5, 5.41) is 3.02. The van der Waals surface area contributed by atoms with Gasteiger partial charge in [0.25, 0.3) is 5.91 Å². The van der Waals surface area contributed by atoms with E-state index in [9.17, 15) is 4.79 Å². The maximum atomic E-state index is 12.2. The maximum absolute atomic E-state index is 12.2. The molecule has 0 unspecified atom stereocenters. The molecule has 0 bridgehead atoms. The van der Waals surface area contributed by atoms with E-state index in [1.165, 1.54) is 15.4 Å². The predicted molar refractivity (Wildman–Crippen MR) is 101 cm³/mol. The normalized spacial score (nSPS) is 15.0. The van der Waals surface area contributed by atoms with Crippen molar-refractivity contribution in [1.82, 2.24) is 5.32 Å². The fourth-order valence-electron chi connectivity index (χ4n) is 2.80. The highest BCUT2D eigenvalue weighted by Gasteiger charge is 2.13. The number of ether oxygens (including phenoxy) is 1. The summed E-state index contributed by atoms with van der Waals surface area (Å²) < 4.78 is 5.35. The standard InChI is InChI=1S/C20H24N2O2S/c23-20(21-10-11-22-12-14-24-15-13-22)18-8-6-17(7-9-18)16-25-19-4-2-1-3-5-19/h1-9H,10-16H2,(H,21,23)/p+1. The SMILES string of the molecule is O=C(NCC[NH+]1CCOCC1)c1ccc(CSc2ccccc2)cc1. The van der Waals surface area contributed by atoms with Crippen molar-refractivity contribution in [2.45, 2.75) is 10.6 Å². The third kappa shape index (κ3) is 5.88. The Hall–Kier alpha value is -1.82. The molecule has 132 valence electrons. The molecule has 0 aromatic heterocycles. The van der Waals surface area contributed by atoms with Crippen molar-refractivity contribution in [1.29, 1.82) is 0 Å². The van der Waals surface area contributed by atoms with E-state index in [1.54, 1.807) is 11.8 Å². The summed E-state index contributed by atoms with van der Waals surface area (Å²) in [6.45, 7) is 5.38. The molecule has 2 aromatic carbocycles. The first-order valence-corrected chi connectivity index (χ1v) is 9.76. The molecule has 1 saturated heterocycles. The third-order valence-corrected chi connectivity index (χ3v) is 5.41. The van der Waals surface area contributed by atoms with Crippen LogP contribution in [0.5, 0.6) is 0 Å². The molecule has 0 aliphatic carbocycles. The molecule has 0 radical (unpaired) electrons. The molecule has 2 aromatic rings. The fourth-order valence-corrected chi connectivity index (χ4v) is 3.68. The number of hydrogen-bond donors (Lipinski definition) is 2. The zero-order chi connectivity index (χ0) is 17.3. The Kier molecular flexibility index (Phi) is 6.91. The number of quaternary nitrogens is 1. The lowest BCUT2D eigenvalue weighted by Crippen LogP contribution is -3.14. The highest BCUT2D eigenvalue weighted by atomic mass is 32.2. The van der Waals surface area contributed by atoms with Gasteiger partial charge in [0.1, 0.15) is 13.1 Å². The predicted octanol–water partition coefficient (Wildman–Crippen LogP) is 1.62. The van der Waals surface area contributed by atoms with E-state index in [2.05, 4.69) is 17.4 Å². The summed E-state index contributed by atoms with van der Waals surface area (Å²) in [4.78, 5) is 15.0. The van der Waals surface area contributed by atoms with Crippen molar-refractivity contribution in [3.8, 4) is 0 Å². The average Bonchev–Trinajstić information content (AvgIpc) is 2.68. The molecule has 4 nitrogen and oxygen atoms in total. The van der Waals surface area contributed by atoms with Crippen molar-refractivity contribution < 1.29 is 14.4 Å². The minimum atomic E-state index is 0.00919. The van der Waals surface area contributed by atoms with E-state index in [0.717, 1.165) is 44.2 Å². The molecule has 25 heavy (non-hydrogen) atoms. The van der Waals surface area contributed by atoms with Gasteiger partial charge in [-0.25, -0.2) is 0 Å². The smallest absolute Gasteiger partial charge is 0.251 e. The van der Waals surface area contributed by atoms with Gasteiger partial charge in [0.2, 0.25) is 0 Å². The number of thioether (sulfide) groups is 1. The van der Waals surface area contributed by atoms with E-state index in [4.69, 9.17) is 4.74 Å². The Morgan fingerprint density at radius 3 is 2.48 bits per heavy atom. The third-order valence-electron chi connectivity index (χ3n) is 4.33. The van der Waals surface area contributed by atoms with Crippen molar-refractivity contribution in [3.63, 3.8) is 0 Å². The van der Waals surface area contributed by atoms with Crippen molar-refractivity contribution in [2.75, 3.05) is 39.4 Å². The van der Waals surface area contributed by atoms with E-state index >= 15 is 0 Å². The topological polar surface area (TPSA) is 42.8 Å². The molecular formula is C20H25N2O2S+. The number of hydrogen-bond acceptors (Lipinski definition) is 3. The number of benzene rings is 2. The minimum Gasteiger partial charge on any atom is -0.370 e. The van der Waals surface area contributed by atoms with Gasteiger partial charge in [-0.3, -0.25) is 4.79 Å². The summed E-state index contributed by atoms with van der Waals surface area (Å²) >= 11 is 1.80. The first-order chi connectivity index (χ1) is 12.3. The van der Waals surface area contributed by atoms with Gasteiger partial charge in [-0.1, -0.05) is 30.3 Å². The number of carbonyl (C=O) groups is 1. The lowest BCUT2D eigenvalue weighted by molar-refractivity contribution is -0.906. The molecule has 5 heteroatoms. The van der Waals surface area contributed by atoms with Crippen LogP contribution in [0, 0.1) is 0 Å². The molecule has 1 heterocycles. The second-order valence-corrected chi connectivity index (χ2v) is 7.22. The number of amides is 1. The van der Waals surface area contributed by atoms with Gasteiger partial charge in [-0.05, 0) is 29.8 Å². The number of carbonyl (C=O) groups excluding carboxylic acids is 1. The Labute approximate surface area is 153 Å². The quantitative estimate of drug-likeness (QED) is 0.740. The van der Waals surface area contributed by atoms with E-state index in [-0.39, 0.29) is 5.91 Å². The van der Waals surface area contributed by atoms with Gasteiger partial charge >= 0.3 is 0 Å². The number of nitrogens with one attached hydrogen (secondary N) is 2. The van der Waals surface area contributed by atoms with E-state index in [0.29, 0.717) is 6.54 Å². The van der Waals surface area contributed by atoms with E-state index < -0.39 is 0 Å². The molecular weight excluding hydrogens is 332 g/mol. The van der Waals surface area contributed by atoms with Crippen LogP contribution in [0.15, 0.2) is 59.5 Å². The molecule has 0 atom stereocenters. The molecule has 1 fully saturated rings. The summed E-state index contributed by atoms with van der Waals surface area (Å²) in [6, 6.07) is 18.3. The molecule has 2 N–H and O–H groups in total. The summed E-state index contributed by atoms with van der Waals surface area (Å²) in [5.74, 6) is 0.918. The zero-order valence-electron chi connectivity index (χ0n) is 14.4. The molecule has 1 aliphatic rings. The van der Waals surface area contributed by atoms with Crippen LogP contribution >= 0.6 is 11.8 Å². The van der Waals surface area contributed by atoms with Crippen LogP contribution in [0.25, 0.3) is 0 Å². The molecule has 3 rings (SSSR count). The summed E-state index contributed by atoms with van der Waals surface area (Å²) in [6.07, 6.45) is 0. The van der Waals surface area contributed by atoms with Gasteiger partial charge in [-0.15, -0.1) is 11.8 Å². The molecule has 0 saturated carbocycles. The monoisotopic (exact) mass is 357 g/mol. The fraction of sp³-hybridized carbons (Fsp3) is 0.350. The van der Waals surface area contributed by atoms with Crippen molar-refractivity contribution in [3.05, 3.63) is 65.7 Å². The van der Waals surface area contributed by atoms with Crippen LogP contribution in [0.1, 0.15) is 15.9 Å². The van der Waals surface area contributed by atoms with Gasteiger partial charge < -0.3 is 15.0 Å². The van der Waals surface area contributed by atoms with Crippen LogP contribution in [0.4, 0.5) is 0 Å². The first kappa shape index (κ1) is 18.0. The number of rotatable bonds is 7. The van der Waals surface area contributed by atoms with E-state index in [1.807, 2.05) is 42.5 Å². The van der Waals surface area contributed by atoms with Crippen molar-refractivity contribution >= 4 is 17.7 Å². The first-order valence-electron chi connectivity index (χ1n) is 8.77. The average molecular weight is 357 g/mol. The number of morpholine rings is 1. The Morgan fingerprint density at radius 2 is 1.76 bits per heavy atom. The highest BCUT2D eigenvalue weighted by molar-refractivity contribution is 7.98. The Bertz CT molecular complexity index is 655. The Balaban J connectivity index is 1.42. The lowest BCUT2D eigenvalue weighted by atomic mass is 10.1.